The van der Waals surface area contributed by atoms with Gasteiger partial charge < -0.3 is 14.7 Å². The number of benzene rings is 1. The third-order valence-corrected chi connectivity index (χ3v) is 5.64. The van der Waals surface area contributed by atoms with E-state index in [2.05, 4.69) is 21.8 Å². The molecule has 156 valence electrons. The Kier molecular flexibility index (Phi) is 7.25. The Morgan fingerprint density at radius 3 is 2.66 bits per heavy atom. The highest BCUT2D eigenvalue weighted by molar-refractivity contribution is 6.30. The van der Waals surface area contributed by atoms with E-state index in [0.717, 1.165) is 38.3 Å². The number of piperidine rings is 1. The van der Waals surface area contributed by atoms with Crippen molar-refractivity contribution in [3.8, 4) is 5.75 Å². The Bertz CT molecular complexity index is 826. The Labute approximate surface area is 174 Å². The molecule has 1 aliphatic heterocycles. The molecule has 1 atom stereocenters. The maximum Gasteiger partial charge on any atom is 0.307 e. The van der Waals surface area contributed by atoms with Crippen molar-refractivity contribution < 1.29 is 19.0 Å². The minimum absolute atomic E-state index is 0.162. The first kappa shape index (κ1) is 21.3. The van der Waals surface area contributed by atoms with Crippen molar-refractivity contribution in [1.82, 2.24) is 9.97 Å². The molecule has 2 heterocycles. The van der Waals surface area contributed by atoms with Gasteiger partial charge >= 0.3 is 5.97 Å². The predicted octanol–water partition coefficient (Wildman–Crippen LogP) is 4.22. The quantitative estimate of drug-likeness (QED) is 0.687. The van der Waals surface area contributed by atoms with Gasteiger partial charge in [0.25, 0.3) is 0 Å². The lowest BCUT2D eigenvalue weighted by Crippen LogP contribution is -2.36. The normalized spacial score (nSPS) is 15.9. The molecule has 1 aromatic carbocycles. The highest BCUT2D eigenvalue weighted by Crippen LogP contribution is 2.29. The largest absolute Gasteiger partial charge is 0.493 e. The second-order valence-corrected chi connectivity index (χ2v) is 7.90. The molecule has 0 aliphatic carbocycles. The number of ether oxygens (including phenoxy) is 1. The average Bonchev–Trinajstić information content (AvgIpc) is 2.70. The summed E-state index contributed by atoms with van der Waals surface area (Å²) in [5.41, 5.74) is 0.162. The summed E-state index contributed by atoms with van der Waals surface area (Å²) in [6, 6.07) is 4.35. The van der Waals surface area contributed by atoms with Gasteiger partial charge in [0.15, 0.2) is 0 Å². The maximum absolute atomic E-state index is 13.9. The van der Waals surface area contributed by atoms with Crippen molar-refractivity contribution >= 4 is 23.5 Å². The molecule has 1 N–H and O–H groups in total. The monoisotopic (exact) mass is 421 g/mol. The second-order valence-electron chi connectivity index (χ2n) is 7.46. The number of nitrogens with zero attached hydrogens (tertiary/aromatic N) is 3. The molecular weight excluding hydrogens is 397 g/mol. The number of carboxylic acids is 1. The summed E-state index contributed by atoms with van der Waals surface area (Å²) in [6.45, 7) is 4.54. The van der Waals surface area contributed by atoms with Crippen LogP contribution in [0.4, 0.5) is 10.3 Å². The van der Waals surface area contributed by atoms with E-state index < -0.39 is 11.8 Å². The van der Waals surface area contributed by atoms with Crippen LogP contribution in [0.2, 0.25) is 5.02 Å². The molecule has 0 bridgehead atoms. The summed E-state index contributed by atoms with van der Waals surface area (Å²) < 4.78 is 19.6. The second kappa shape index (κ2) is 9.87. The summed E-state index contributed by atoms with van der Waals surface area (Å²) in [5.74, 6) is 0.627. The molecule has 0 spiro atoms. The van der Waals surface area contributed by atoms with Gasteiger partial charge in [-0.25, -0.2) is 14.4 Å². The Morgan fingerprint density at radius 1 is 1.34 bits per heavy atom. The van der Waals surface area contributed by atoms with Crippen molar-refractivity contribution in [3.05, 3.63) is 47.0 Å². The fraction of sp³-hybridized carbons (Fsp3) is 0.476. The number of hydrogen-bond donors (Lipinski definition) is 1. The first-order valence-corrected chi connectivity index (χ1v) is 10.2. The number of carbonyl (C=O) groups is 1. The molecule has 1 aromatic heterocycles. The van der Waals surface area contributed by atoms with Crippen LogP contribution in [0.3, 0.4) is 0 Å². The first-order valence-electron chi connectivity index (χ1n) is 9.78. The maximum atomic E-state index is 13.9. The lowest BCUT2D eigenvalue weighted by Gasteiger charge is -2.34. The van der Waals surface area contributed by atoms with Crippen LogP contribution in [0.5, 0.6) is 5.75 Å². The lowest BCUT2D eigenvalue weighted by molar-refractivity contribution is -0.136. The fourth-order valence-corrected chi connectivity index (χ4v) is 3.76. The Morgan fingerprint density at radius 2 is 2.03 bits per heavy atom. The van der Waals surface area contributed by atoms with Gasteiger partial charge in [-0.2, -0.15) is 0 Å². The number of aromatic nitrogens is 2. The zero-order valence-electron chi connectivity index (χ0n) is 16.4. The SMILES string of the molecule is C[C@H](CCOc1ccc(CC(=O)O)c(F)c1)C1CCN(c2ncc(Cl)cn2)CC1. The van der Waals surface area contributed by atoms with Gasteiger partial charge in [-0.05, 0) is 42.7 Å². The van der Waals surface area contributed by atoms with Crippen LogP contribution in [-0.4, -0.2) is 40.7 Å². The number of aliphatic carboxylic acids is 1. The number of anilines is 1. The minimum atomic E-state index is -1.06. The molecular formula is C21H25ClFN3O3. The molecule has 6 nitrogen and oxygen atoms in total. The molecule has 1 saturated heterocycles. The van der Waals surface area contributed by atoms with Crippen molar-refractivity contribution in [2.24, 2.45) is 11.8 Å². The van der Waals surface area contributed by atoms with E-state index >= 15 is 0 Å². The van der Waals surface area contributed by atoms with Crippen LogP contribution in [0.1, 0.15) is 31.7 Å². The molecule has 8 heteroatoms. The summed E-state index contributed by atoms with van der Waals surface area (Å²) in [4.78, 5) is 21.4. The lowest BCUT2D eigenvalue weighted by atomic mass is 9.84. The van der Waals surface area contributed by atoms with Crippen LogP contribution in [0.25, 0.3) is 0 Å². The van der Waals surface area contributed by atoms with E-state index in [1.54, 1.807) is 18.5 Å². The zero-order valence-corrected chi connectivity index (χ0v) is 17.1. The molecule has 1 fully saturated rings. The summed E-state index contributed by atoms with van der Waals surface area (Å²) in [5, 5.41) is 9.30. The summed E-state index contributed by atoms with van der Waals surface area (Å²) in [7, 11) is 0. The fourth-order valence-electron chi connectivity index (χ4n) is 3.66. The molecule has 0 unspecified atom stereocenters. The van der Waals surface area contributed by atoms with Crippen LogP contribution in [0.15, 0.2) is 30.6 Å². The number of hydrogen-bond acceptors (Lipinski definition) is 5. The molecule has 0 amide bonds. The summed E-state index contributed by atoms with van der Waals surface area (Å²) >= 11 is 5.84. The molecule has 1 aliphatic rings. The molecule has 2 aromatic rings. The van der Waals surface area contributed by atoms with Gasteiger partial charge in [0.05, 0.1) is 30.4 Å². The highest BCUT2D eigenvalue weighted by atomic mass is 35.5. The van der Waals surface area contributed by atoms with E-state index in [0.29, 0.717) is 29.2 Å². The van der Waals surface area contributed by atoms with Crippen molar-refractivity contribution in [1.29, 1.82) is 0 Å². The van der Waals surface area contributed by atoms with E-state index in [-0.39, 0.29) is 12.0 Å². The smallest absolute Gasteiger partial charge is 0.307 e. The Hall–Kier alpha value is -2.41. The Balaban J connectivity index is 1.42. The predicted molar refractivity (Wildman–Crippen MR) is 109 cm³/mol. The van der Waals surface area contributed by atoms with E-state index in [1.165, 1.54) is 12.1 Å². The van der Waals surface area contributed by atoms with E-state index in [4.69, 9.17) is 21.4 Å². The van der Waals surface area contributed by atoms with Crippen molar-refractivity contribution in [2.75, 3.05) is 24.6 Å². The van der Waals surface area contributed by atoms with Gasteiger partial charge in [-0.3, -0.25) is 4.79 Å². The van der Waals surface area contributed by atoms with Gasteiger partial charge in [0, 0.05) is 19.2 Å². The number of halogens is 2. The highest BCUT2D eigenvalue weighted by Gasteiger charge is 2.25. The molecule has 0 radical (unpaired) electrons. The van der Waals surface area contributed by atoms with Gasteiger partial charge in [0.2, 0.25) is 5.95 Å². The number of rotatable bonds is 8. The summed E-state index contributed by atoms with van der Waals surface area (Å²) in [6.07, 6.45) is 5.90. The van der Waals surface area contributed by atoms with Gasteiger partial charge in [-0.1, -0.05) is 24.6 Å². The first-order chi connectivity index (χ1) is 13.9. The third kappa shape index (κ3) is 6.03. The van der Waals surface area contributed by atoms with Gasteiger partial charge in [0.1, 0.15) is 11.6 Å². The molecule has 29 heavy (non-hydrogen) atoms. The van der Waals surface area contributed by atoms with Crippen LogP contribution in [-0.2, 0) is 11.2 Å². The van der Waals surface area contributed by atoms with Crippen LogP contribution in [0, 0.1) is 17.7 Å². The molecule has 3 rings (SSSR count). The van der Waals surface area contributed by atoms with Crippen LogP contribution < -0.4 is 9.64 Å². The minimum Gasteiger partial charge on any atom is -0.493 e. The average molecular weight is 422 g/mol. The topological polar surface area (TPSA) is 75.6 Å². The molecule has 0 saturated carbocycles. The van der Waals surface area contributed by atoms with E-state index in [9.17, 15) is 9.18 Å². The van der Waals surface area contributed by atoms with E-state index in [1.807, 2.05) is 0 Å². The third-order valence-electron chi connectivity index (χ3n) is 5.44. The standard InChI is InChI=1S/C21H25ClFN3O3/c1-14(6-9-29-18-3-2-16(10-20(27)28)19(23)11-18)15-4-7-26(8-5-15)21-24-12-17(22)13-25-21/h2-3,11-15H,4-10H2,1H3,(H,27,28)/t14-/m1/s1. The zero-order chi connectivity index (χ0) is 20.8. The van der Waals surface area contributed by atoms with Crippen molar-refractivity contribution in [3.63, 3.8) is 0 Å². The van der Waals surface area contributed by atoms with Gasteiger partial charge in [-0.15, -0.1) is 0 Å². The number of carboxylic acid groups (broad SMARTS) is 1. The van der Waals surface area contributed by atoms with Crippen molar-refractivity contribution in [2.45, 2.75) is 32.6 Å². The van der Waals surface area contributed by atoms with Crippen LogP contribution >= 0.6 is 11.6 Å².